The summed E-state index contributed by atoms with van der Waals surface area (Å²) in [5.41, 5.74) is -0.510. The Kier molecular flexibility index (Phi) is 2.79. The Bertz CT molecular complexity index is 430. The molecule has 1 atom stereocenters. The lowest BCUT2D eigenvalue weighted by Gasteiger charge is -2.33. The number of hydrogen-bond donors (Lipinski definition) is 1. The Morgan fingerprint density at radius 2 is 2.22 bits per heavy atom. The van der Waals surface area contributed by atoms with Crippen molar-refractivity contribution in [2.75, 3.05) is 13.1 Å². The summed E-state index contributed by atoms with van der Waals surface area (Å²) < 4.78 is 19.4. The molecular formula is C11H16FN3O3. The van der Waals surface area contributed by atoms with Crippen LogP contribution in [0.15, 0.2) is 5.10 Å². The molecule has 18 heavy (non-hydrogen) atoms. The lowest BCUT2D eigenvalue weighted by molar-refractivity contribution is -0.128. The van der Waals surface area contributed by atoms with Crippen molar-refractivity contribution < 1.29 is 18.7 Å². The average Bonchev–Trinajstić information content (AvgIpc) is 2.52. The van der Waals surface area contributed by atoms with Crippen molar-refractivity contribution in [2.24, 2.45) is 5.10 Å². The molecule has 0 spiro atoms. The topological polar surface area (TPSA) is 71.0 Å². The molecule has 7 heteroatoms. The molecule has 0 aromatic rings. The third-order valence-electron chi connectivity index (χ3n) is 2.83. The second-order valence-electron chi connectivity index (χ2n) is 5.45. The molecule has 0 bridgehead atoms. The second kappa shape index (κ2) is 3.93. The number of carbonyl (C=O) groups excluding carboxylic acids is 2. The molecule has 2 aliphatic heterocycles. The van der Waals surface area contributed by atoms with Gasteiger partial charge in [-0.3, -0.25) is 4.79 Å². The highest BCUT2D eigenvalue weighted by Gasteiger charge is 2.52. The molecule has 2 aliphatic rings. The molecule has 2 amide bonds. The van der Waals surface area contributed by atoms with Crippen LogP contribution in [0.4, 0.5) is 9.18 Å². The van der Waals surface area contributed by atoms with Crippen LogP contribution in [0.5, 0.6) is 0 Å². The molecule has 2 heterocycles. The molecule has 1 N–H and O–H groups in total. The first-order valence-electron chi connectivity index (χ1n) is 5.77. The van der Waals surface area contributed by atoms with Crippen molar-refractivity contribution in [1.82, 2.24) is 10.3 Å². The maximum Gasteiger partial charge on any atom is 0.410 e. The van der Waals surface area contributed by atoms with Gasteiger partial charge in [0.05, 0.1) is 6.54 Å². The maximum atomic E-state index is 14.2. The highest BCUT2D eigenvalue weighted by atomic mass is 19.1. The first-order valence-corrected chi connectivity index (χ1v) is 5.77. The number of ether oxygens (including phenoxy) is 1. The van der Waals surface area contributed by atoms with Crippen LogP contribution in [0.1, 0.15) is 27.2 Å². The predicted octanol–water partition coefficient (Wildman–Crippen LogP) is 0.821. The van der Waals surface area contributed by atoms with Gasteiger partial charge in [0.15, 0.2) is 0 Å². The van der Waals surface area contributed by atoms with Gasteiger partial charge in [0.2, 0.25) is 5.67 Å². The number of likely N-dealkylation sites (tertiary alicyclic amines) is 1. The quantitative estimate of drug-likeness (QED) is 0.698. The molecular weight excluding hydrogens is 241 g/mol. The predicted molar refractivity (Wildman–Crippen MR) is 61.8 cm³/mol. The van der Waals surface area contributed by atoms with Gasteiger partial charge in [-0.25, -0.2) is 14.6 Å². The van der Waals surface area contributed by atoms with Gasteiger partial charge in [-0.05, 0) is 20.8 Å². The number of hydrazone groups is 1. The van der Waals surface area contributed by atoms with Crippen LogP contribution in [-0.4, -0.2) is 47.0 Å². The van der Waals surface area contributed by atoms with Gasteiger partial charge in [0.1, 0.15) is 11.3 Å². The fraction of sp³-hybridized carbons (Fsp3) is 0.727. The zero-order chi connectivity index (χ0) is 13.6. The second-order valence-corrected chi connectivity index (χ2v) is 5.45. The van der Waals surface area contributed by atoms with Crippen LogP contribution < -0.4 is 5.43 Å². The monoisotopic (exact) mass is 257 g/mol. The normalized spacial score (nSPS) is 27.4. The highest BCUT2D eigenvalue weighted by molar-refractivity contribution is 6.17. The van der Waals surface area contributed by atoms with Crippen molar-refractivity contribution >= 4 is 17.7 Å². The number of carbonyl (C=O) groups is 2. The number of alkyl halides is 1. The SMILES string of the molecule is CC(C)(C)OC(=O)N1CCC2(F)C(=O)NN=C2C1. The lowest BCUT2D eigenvalue weighted by Crippen LogP contribution is -2.54. The summed E-state index contributed by atoms with van der Waals surface area (Å²) in [4.78, 5) is 24.5. The molecule has 0 saturated carbocycles. The van der Waals surface area contributed by atoms with Gasteiger partial charge in [0.25, 0.3) is 5.91 Å². The number of fused-ring (bicyclic) bond motifs is 1. The van der Waals surface area contributed by atoms with Crippen LogP contribution in [0, 0.1) is 0 Å². The fourth-order valence-electron chi connectivity index (χ4n) is 1.88. The average molecular weight is 257 g/mol. The van der Waals surface area contributed by atoms with E-state index in [2.05, 4.69) is 10.5 Å². The fourth-order valence-corrected chi connectivity index (χ4v) is 1.88. The number of hydrogen-bond acceptors (Lipinski definition) is 4. The minimum absolute atomic E-state index is 0.0237. The van der Waals surface area contributed by atoms with Gasteiger partial charge in [0, 0.05) is 13.0 Å². The Balaban J connectivity index is 2.05. The zero-order valence-electron chi connectivity index (χ0n) is 10.6. The van der Waals surface area contributed by atoms with E-state index in [9.17, 15) is 14.0 Å². The Hall–Kier alpha value is -1.66. The van der Waals surface area contributed by atoms with Gasteiger partial charge >= 0.3 is 6.09 Å². The summed E-state index contributed by atoms with van der Waals surface area (Å²) in [5.74, 6) is -0.749. The van der Waals surface area contributed by atoms with E-state index in [0.717, 1.165) is 0 Å². The molecule has 6 nitrogen and oxygen atoms in total. The zero-order valence-corrected chi connectivity index (χ0v) is 10.6. The third-order valence-corrected chi connectivity index (χ3v) is 2.83. The summed E-state index contributed by atoms with van der Waals surface area (Å²) in [6.07, 6.45) is -0.608. The maximum absolute atomic E-state index is 14.2. The van der Waals surface area contributed by atoms with Crippen molar-refractivity contribution in [3.8, 4) is 0 Å². The number of rotatable bonds is 0. The van der Waals surface area contributed by atoms with Crippen molar-refractivity contribution in [3.05, 3.63) is 0 Å². The smallest absolute Gasteiger partial charge is 0.410 e. The van der Waals surface area contributed by atoms with Gasteiger partial charge in [-0.1, -0.05) is 0 Å². The van der Waals surface area contributed by atoms with Crippen LogP contribution in [0.2, 0.25) is 0 Å². The molecule has 0 radical (unpaired) electrons. The number of nitrogens with one attached hydrogen (secondary N) is 1. The Morgan fingerprint density at radius 3 is 2.83 bits per heavy atom. The first-order chi connectivity index (χ1) is 8.22. The first kappa shape index (κ1) is 12.8. The number of nitrogens with zero attached hydrogens (tertiary/aromatic N) is 2. The third kappa shape index (κ3) is 2.16. The minimum atomic E-state index is -2.06. The van der Waals surface area contributed by atoms with Gasteiger partial charge < -0.3 is 9.64 Å². The van der Waals surface area contributed by atoms with Gasteiger partial charge in [-0.2, -0.15) is 5.10 Å². The molecule has 1 fully saturated rings. The Labute approximate surface area is 104 Å². The summed E-state index contributed by atoms with van der Waals surface area (Å²) in [6.45, 7) is 5.38. The number of piperidine rings is 1. The molecule has 2 rings (SSSR count). The van der Waals surface area contributed by atoms with E-state index < -0.39 is 23.3 Å². The molecule has 0 aromatic carbocycles. The summed E-state index contributed by atoms with van der Waals surface area (Å²) in [7, 11) is 0. The van der Waals surface area contributed by atoms with Crippen molar-refractivity contribution in [1.29, 1.82) is 0 Å². The standard InChI is InChI=1S/C11H16FN3O3/c1-10(2,3)18-9(17)15-5-4-11(12)7(6-15)13-14-8(11)16/h4-6H2,1-3H3,(H,14,16). The van der Waals surface area contributed by atoms with E-state index in [1.807, 2.05) is 0 Å². The summed E-state index contributed by atoms with van der Waals surface area (Å²) in [6, 6.07) is 0. The lowest BCUT2D eigenvalue weighted by atomic mass is 9.92. The van der Waals surface area contributed by atoms with E-state index in [0.29, 0.717) is 0 Å². The van der Waals surface area contributed by atoms with Crippen molar-refractivity contribution in [3.63, 3.8) is 0 Å². The summed E-state index contributed by atoms with van der Waals surface area (Å²) in [5, 5.41) is 3.63. The number of amides is 2. The molecule has 0 aromatic heterocycles. The van der Waals surface area contributed by atoms with Crippen LogP contribution in [0.3, 0.4) is 0 Å². The van der Waals surface area contributed by atoms with E-state index in [-0.39, 0.29) is 25.2 Å². The van der Waals surface area contributed by atoms with Crippen LogP contribution >= 0.6 is 0 Å². The van der Waals surface area contributed by atoms with E-state index in [1.54, 1.807) is 20.8 Å². The van der Waals surface area contributed by atoms with Crippen molar-refractivity contribution in [2.45, 2.75) is 38.5 Å². The van der Waals surface area contributed by atoms with E-state index in [4.69, 9.17) is 4.74 Å². The van der Waals surface area contributed by atoms with E-state index in [1.165, 1.54) is 4.90 Å². The minimum Gasteiger partial charge on any atom is -0.444 e. The molecule has 0 aliphatic carbocycles. The van der Waals surface area contributed by atoms with Gasteiger partial charge in [-0.15, -0.1) is 0 Å². The number of halogens is 1. The van der Waals surface area contributed by atoms with E-state index >= 15 is 0 Å². The van der Waals surface area contributed by atoms with Crippen LogP contribution in [0.25, 0.3) is 0 Å². The van der Waals surface area contributed by atoms with Crippen LogP contribution in [-0.2, 0) is 9.53 Å². The molecule has 1 unspecified atom stereocenters. The highest BCUT2D eigenvalue weighted by Crippen LogP contribution is 2.28. The molecule has 1 saturated heterocycles. The largest absolute Gasteiger partial charge is 0.444 e. The Morgan fingerprint density at radius 1 is 1.56 bits per heavy atom. The summed E-state index contributed by atoms with van der Waals surface area (Å²) >= 11 is 0. The molecule has 100 valence electrons.